The number of aryl methyl sites for hydroxylation is 2. The Morgan fingerprint density at radius 3 is 2.57 bits per heavy atom. The minimum Gasteiger partial charge on any atom is -0.450 e. The average molecular weight is 293 g/mol. The monoisotopic (exact) mass is 293 g/mol. The smallest absolute Gasteiger partial charge is 0.409 e. The largest absolute Gasteiger partial charge is 0.450 e. The average Bonchev–Trinajstić information content (AvgIpc) is 2.79. The van der Waals surface area contributed by atoms with Gasteiger partial charge in [0.15, 0.2) is 0 Å². The highest BCUT2D eigenvalue weighted by Crippen LogP contribution is 2.14. The van der Waals surface area contributed by atoms with E-state index < -0.39 is 0 Å². The highest BCUT2D eigenvalue weighted by molar-refractivity contribution is 5.95. The second-order valence-electron chi connectivity index (χ2n) is 5.42. The summed E-state index contributed by atoms with van der Waals surface area (Å²) in [5, 5.41) is 3.04. The van der Waals surface area contributed by atoms with Gasteiger partial charge in [-0.2, -0.15) is 0 Å². The lowest BCUT2D eigenvalue weighted by atomic mass is 10.0. The predicted molar refractivity (Wildman–Crippen MR) is 79.3 cm³/mol. The fourth-order valence-corrected chi connectivity index (χ4v) is 2.64. The molecule has 0 saturated carbocycles. The zero-order valence-corrected chi connectivity index (χ0v) is 12.9. The van der Waals surface area contributed by atoms with Gasteiger partial charge in [-0.3, -0.25) is 4.79 Å². The number of carbonyl (C=O) groups is 2. The van der Waals surface area contributed by atoms with Crippen LogP contribution in [0.4, 0.5) is 4.79 Å². The van der Waals surface area contributed by atoms with Crippen molar-refractivity contribution in [2.45, 2.75) is 39.7 Å². The van der Waals surface area contributed by atoms with E-state index >= 15 is 0 Å². The summed E-state index contributed by atoms with van der Waals surface area (Å²) in [6.07, 6.45) is 1.25. The van der Waals surface area contributed by atoms with E-state index in [1.807, 2.05) is 19.9 Å². The predicted octanol–water partition coefficient (Wildman–Crippen LogP) is 1.98. The molecule has 21 heavy (non-hydrogen) atoms. The van der Waals surface area contributed by atoms with Crippen molar-refractivity contribution in [3.8, 4) is 0 Å². The first kappa shape index (κ1) is 15.4. The fourth-order valence-electron chi connectivity index (χ4n) is 2.64. The zero-order chi connectivity index (χ0) is 15.4. The number of nitrogens with zero attached hydrogens (tertiary/aromatic N) is 1. The van der Waals surface area contributed by atoms with Crippen LogP contribution in [0.2, 0.25) is 0 Å². The number of carbonyl (C=O) groups excluding carboxylic acids is 2. The molecule has 2 rings (SSSR count). The van der Waals surface area contributed by atoms with Crippen molar-refractivity contribution < 1.29 is 14.3 Å². The van der Waals surface area contributed by atoms with Gasteiger partial charge < -0.3 is 19.9 Å². The fraction of sp³-hybridized carbons (Fsp3) is 0.600. The third kappa shape index (κ3) is 3.77. The molecule has 1 aliphatic heterocycles. The van der Waals surface area contributed by atoms with Gasteiger partial charge in [0.25, 0.3) is 5.91 Å². The van der Waals surface area contributed by atoms with Crippen LogP contribution in [-0.2, 0) is 4.74 Å². The molecule has 0 aromatic carbocycles. The van der Waals surface area contributed by atoms with Crippen molar-refractivity contribution in [2.75, 3.05) is 19.7 Å². The summed E-state index contributed by atoms with van der Waals surface area (Å²) in [6, 6.07) is 1.97. The molecule has 1 aliphatic rings. The molecule has 1 aromatic rings. The number of nitrogens with one attached hydrogen (secondary N) is 2. The van der Waals surface area contributed by atoms with Crippen molar-refractivity contribution in [3.05, 3.63) is 23.0 Å². The first-order valence-corrected chi connectivity index (χ1v) is 7.40. The molecule has 1 fully saturated rings. The van der Waals surface area contributed by atoms with Gasteiger partial charge in [0, 0.05) is 30.5 Å². The second-order valence-corrected chi connectivity index (χ2v) is 5.42. The van der Waals surface area contributed by atoms with Gasteiger partial charge in [0.1, 0.15) is 0 Å². The molecular weight excluding hydrogens is 270 g/mol. The lowest BCUT2D eigenvalue weighted by Crippen LogP contribution is -2.46. The first-order valence-electron chi connectivity index (χ1n) is 7.40. The van der Waals surface area contributed by atoms with E-state index in [9.17, 15) is 9.59 Å². The van der Waals surface area contributed by atoms with Crippen molar-refractivity contribution in [1.82, 2.24) is 15.2 Å². The van der Waals surface area contributed by atoms with Crippen LogP contribution in [0, 0.1) is 13.8 Å². The van der Waals surface area contributed by atoms with Crippen LogP contribution < -0.4 is 5.32 Å². The lowest BCUT2D eigenvalue weighted by molar-refractivity contribution is 0.0860. The SMILES string of the molecule is CCOC(=O)N1CCC(NC(=O)c2cc(C)[nH]c2C)CC1. The van der Waals surface area contributed by atoms with E-state index in [1.165, 1.54) is 0 Å². The van der Waals surface area contributed by atoms with Gasteiger partial charge in [-0.15, -0.1) is 0 Å². The quantitative estimate of drug-likeness (QED) is 0.895. The normalized spacial score (nSPS) is 15.9. The summed E-state index contributed by atoms with van der Waals surface area (Å²) in [4.78, 5) is 28.7. The number of amides is 2. The number of rotatable bonds is 3. The maximum absolute atomic E-state index is 12.2. The number of piperidine rings is 1. The number of ether oxygens (including phenoxy) is 1. The molecule has 0 atom stereocenters. The molecule has 1 aromatic heterocycles. The number of aromatic nitrogens is 1. The minimum absolute atomic E-state index is 0.0496. The van der Waals surface area contributed by atoms with Gasteiger partial charge in [-0.1, -0.05) is 0 Å². The first-order chi connectivity index (χ1) is 10.0. The number of H-pyrrole nitrogens is 1. The molecule has 6 heteroatoms. The molecule has 0 spiro atoms. The Kier molecular flexibility index (Phi) is 4.88. The molecule has 2 amide bonds. The maximum Gasteiger partial charge on any atom is 0.409 e. The molecule has 2 heterocycles. The van der Waals surface area contributed by atoms with E-state index in [0.29, 0.717) is 25.3 Å². The van der Waals surface area contributed by atoms with Crippen LogP contribution in [0.5, 0.6) is 0 Å². The molecular formula is C15H23N3O3. The number of hydrogen-bond acceptors (Lipinski definition) is 3. The van der Waals surface area contributed by atoms with E-state index in [-0.39, 0.29) is 18.0 Å². The third-order valence-electron chi connectivity index (χ3n) is 3.75. The van der Waals surface area contributed by atoms with Gasteiger partial charge in [-0.05, 0) is 39.7 Å². The van der Waals surface area contributed by atoms with E-state index in [1.54, 1.807) is 11.8 Å². The Labute approximate surface area is 124 Å². The Hall–Kier alpha value is -1.98. The summed E-state index contributed by atoms with van der Waals surface area (Å²) in [5.41, 5.74) is 2.56. The van der Waals surface area contributed by atoms with E-state index in [2.05, 4.69) is 10.3 Å². The Morgan fingerprint density at radius 2 is 2.05 bits per heavy atom. The molecule has 2 N–H and O–H groups in total. The van der Waals surface area contributed by atoms with Crippen LogP contribution >= 0.6 is 0 Å². The van der Waals surface area contributed by atoms with Crippen LogP contribution in [0.1, 0.15) is 41.5 Å². The topological polar surface area (TPSA) is 74.4 Å². The van der Waals surface area contributed by atoms with Crippen molar-refractivity contribution in [1.29, 1.82) is 0 Å². The van der Waals surface area contributed by atoms with Crippen molar-refractivity contribution >= 4 is 12.0 Å². The van der Waals surface area contributed by atoms with E-state index in [0.717, 1.165) is 24.2 Å². The molecule has 1 saturated heterocycles. The van der Waals surface area contributed by atoms with Gasteiger partial charge in [0.05, 0.1) is 12.2 Å². The Morgan fingerprint density at radius 1 is 1.38 bits per heavy atom. The molecule has 0 unspecified atom stereocenters. The Bertz CT molecular complexity index is 516. The minimum atomic E-state index is -0.264. The van der Waals surface area contributed by atoms with Crippen LogP contribution in [-0.4, -0.2) is 47.6 Å². The molecule has 0 radical (unpaired) electrons. The number of likely N-dealkylation sites (tertiary alicyclic amines) is 1. The zero-order valence-electron chi connectivity index (χ0n) is 12.9. The highest BCUT2D eigenvalue weighted by Gasteiger charge is 2.25. The summed E-state index contributed by atoms with van der Waals surface area (Å²) in [7, 11) is 0. The summed E-state index contributed by atoms with van der Waals surface area (Å²) in [6.45, 7) is 7.25. The standard InChI is InChI=1S/C15H23N3O3/c1-4-21-15(20)18-7-5-12(6-8-18)17-14(19)13-9-10(2)16-11(13)3/h9,12,16H,4-8H2,1-3H3,(H,17,19). The van der Waals surface area contributed by atoms with Crippen LogP contribution in [0.25, 0.3) is 0 Å². The number of hydrogen-bond donors (Lipinski definition) is 2. The van der Waals surface area contributed by atoms with Crippen molar-refractivity contribution in [3.63, 3.8) is 0 Å². The lowest BCUT2D eigenvalue weighted by Gasteiger charge is -2.31. The molecule has 116 valence electrons. The van der Waals surface area contributed by atoms with Gasteiger partial charge in [-0.25, -0.2) is 4.79 Å². The van der Waals surface area contributed by atoms with Gasteiger partial charge >= 0.3 is 6.09 Å². The van der Waals surface area contributed by atoms with Crippen molar-refractivity contribution in [2.24, 2.45) is 0 Å². The van der Waals surface area contributed by atoms with Crippen LogP contribution in [0.15, 0.2) is 6.07 Å². The highest BCUT2D eigenvalue weighted by atomic mass is 16.6. The number of aromatic amines is 1. The second kappa shape index (κ2) is 6.65. The Balaban J connectivity index is 1.85. The van der Waals surface area contributed by atoms with Gasteiger partial charge in [0.2, 0.25) is 0 Å². The van der Waals surface area contributed by atoms with Crippen LogP contribution in [0.3, 0.4) is 0 Å². The summed E-state index contributed by atoms with van der Waals surface area (Å²) in [5.74, 6) is -0.0496. The molecule has 6 nitrogen and oxygen atoms in total. The molecule has 0 bridgehead atoms. The van der Waals surface area contributed by atoms with E-state index in [4.69, 9.17) is 4.74 Å². The third-order valence-corrected chi connectivity index (χ3v) is 3.75. The maximum atomic E-state index is 12.2. The molecule has 0 aliphatic carbocycles. The summed E-state index contributed by atoms with van der Waals surface area (Å²) >= 11 is 0. The summed E-state index contributed by atoms with van der Waals surface area (Å²) < 4.78 is 4.98.